The maximum absolute atomic E-state index is 8.52. The van der Waals surface area contributed by atoms with E-state index in [0.717, 1.165) is 0 Å². The molecule has 0 aliphatic carbocycles. The minimum atomic E-state index is -5.17. The van der Waals surface area contributed by atoms with Gasteiger partial charge in [0, 0.05) is 10.4 Å². The van der Waals surface area contributed by atoms with Crippen molar-refractivity contribution in [2.75, 3.05) is 0 Å². The smallest absolute Gasteiger partial charge is 0.759 e. The van der Waals surface area contributed by atoms with E-state index in [-0.39, 0.29) is 41.0 Å². The first-order valence-corrected chi connectivity index (χ1v) is 2.55. The van der Waals surface area contributed by atoms with E-state index in [1.165, 1.54) is 0 Å². The van der Waals surface area contributed by atoms with E-state index in [2.05, 4.69) is 0 Å². The van der Waals surface area contributed by atoms with Crippen LogP contribution in [0, 0.1) is 22.7 Å². The Morgan fingerprint density at radius 1 is 1.08 bits per heavy atom. The van der Waals surface area contributed by atoms with Crippen LogP contribution in [0.2, 0.25) is 0 Å². The zero-order valence-electron chi connectivity index (χ0n) is 4.83. The van der Waals surface area contributed by atoms with Gasteiger partial charge in [-0.25, -0.2) is 0 Å². The second kappa shape index (κ2) is 13.7. The largest absolute Gasteiger partial charge is 4.00 e. The van der Waals surface area contributed by atoms with Crippen LogP contribution in [-0.4, -0.2) is 22.6 Å². The van der Waals surface area contributed by atoms with Gasteiger partial charge in [-0.05, 0) is 0 Å². The molecule has 0 heterocycles. The van der Waals surface area contributed by atoms with Crippen molar-refractivity contribution >= 4 is 10.4 Å². The van der Waals surface area contributed by atoms with E-state index in [4.69, 9.17) is 32.8 Å². The number of hydrogen-bond acceptors (Lipinski definition) is 7. The normalized spacial score (nSPS) is 6.83. The van der Waals surface area contributed by atoms with Crippen LogP contribution in [0.5, 0.6) is 0 Å². The van der Waals surface area contributed by atoms with Crippen molar-refractivity contribution in [1.82, 2.24) is 0 Å². The van der Waals surface area contributed by atoms with Crippen molar-refractivity contribution in [3.8, 4) is 0 Å². The van der Waals surface area contributed by atoms with E-state index < -0.39 is 15.5 Å². The first-order chi connectivity index (χ1) is 3.73. The fourth-order valence-electron chi connectivity index (χ4n) is 0. The minimum Gasteiger partial charge on any atom is -0.759 e. The number of rotatable bonds is 0. The van der Waals surface area contributed by atoms with Gasteiger partial charge in [0.25, 0.3) is 0 Å². The van der Waals surface area contributed by atoms with Crippen molar-refractivity contribution in [2.24, 2.45) is 0 Å². The summed E-state index contributed by atoms with van der Waals surface area (Å²) in [4.78, 5) is 8.25. The van der Waals surface area contributed by atoms with E-state index in [0.29, 0.717) is 0 Å². The Kier molecular flexibility index (Phi) is 33.7. The molecule has 0 saturated heterocycles. The molecule has 1 radical (unpaired) electrons. The molecule has 73 valence electrons. The van der Waals surface area contributed by atoms with Gasteiger partial charge in [0.05, 0.1) is 5.09 Å². The van der Waals surface area contributed by atoms with Crippen LogP contribution in [0.3, 0.4) is 0 Å². The number of nitrogens with zero attached hydrogens (tertiary/aromatic N) is 1. The molecule has 0 aromatic rings. The Labute approximate surface area is 89.4 Å². The zero-order chi connectivity index (χ0) is 8.08. The predicted molar refractivity (Wildman–Crippen MR) is 24.1 cm³/mol. The predicted octanol–water partition coefficient (Wildman–Crippen LogP) is -1.50. The maximum Gasteiger partial charge on any atom is 4.00 e. The molecule has 0 bridgehead atoms. The van der Waals surface area contributed by atoms with E-state index in [1.54, 1.807) is 0 Å². The molecular weight excluding hydrogens is 292 g/mol. The first kappa shape index (κ1) is 29.6. The molecule has 0 aromatic carbocycles. The van der Waals surface area contributed by atoms with Gasteiger partial charge >= 0.3 is 41.0 Å². The standard InChI is InChI=1S/C.Cu.NO3.Ni.H2O4S/c;;2-1(3)4;;1-5(2,3)4/h;;;;(H2,1,2,3,4)/q+4;+2;-1;+2;/p-2. The Morgan fingerprint density at radius 3 is 1.08 bits per heavy atom. The van der Waals surface area contributed by atoms with Crippen LogP contribution in [0.15, 0.2) is 0 Å². The molecule has 0 aliphatic rings. The summed E-state index contributed by atoms with van der Waals surface area (Å²) in [5.41, 5.74) is 0. The van der Waals surface area contributed by atoms with Gasteiger partial charge in [0.1, 0.15) is 0 Å². The molecule has 8 nitrogen and oxygen atoms in total. The molecular formula is CCuNNiO7S+5. The molecule has 0 aliphatic heterocycles. The van der Waals surface area contributed by atoms with E-state index >= 15 is 0 Å². The first-order valence-electron chi connectivity index (χ1n) is 1.21. The summed E-state index contributed by atoms with van der Waals surface area (Å²) in [6.07, 6.45) is 0. The van der Waals surface area contributed by atoms with Gasteiger partial charge in [-0.1, -0.05) is 0 Å². The average molecular weight is 292 g/mol. The monoisotopic (exact) mass is 291 g/mol. The quantitative estimate of drug-likeness (QED) is 0.173. The van der Waals surface area contributed by atoms with E-state index in [1.807, 2.05) is 0 Å². The molecule has 12 heavy (non-hydrogen) atoms. The Hall–Kier alpha value is 0.0830. The maximum atomic E-state index is 8.52. The molecule has 0 unspecified atom stereocenters. The summed E-state index contributed by atoms with van der Waals surface area (Å²) >= 11 is 0. The van der Waals surface area contributed by atoms with Crippen LogP contribution >= 0.6 is 0 Å². The zero-order valence-corrected chi connectivity index (χ0v) is 7.58. The third-order valence-electron chi connectivity index (χ3n) is 0. The van der Waals surface area contributed by atoms with Gasteiger partial charge < -0.3 is 24.4 Å². The van der Waals surface area contributed by atoms with Gasteiger partial charge in [-0.3, -0.25) is 8.42 Å². The van der Waals surface area contributed by atoms with Crippen LogP contribution in [-0.2, 0) is 44.0 Å². The molecule has 11 heteroatoms. The second-order valence-corrected chi connectivity index (χ2v) is 1.45. The van der Waals surface area contributed by atoms with Crippen LogP contribution in [0.4, 0.5) is 0 Å². The van der Waals surface area contributed by atoms with Crippen LogP contribution < -0.4 is 0 Å². The summed E-state index contributed by atoms with van der Waals surface area (Å²) in [6.45, 7) is 0. The SMILES string of the molecule is O=S(=O)([O-])[O-].O=[N+]([O-])[O-].[C+4].[Cu+2].[Ni+2]. The molecule has 0 atom stereocenters. The second-order valence-electron chi connectivity index (χ2n) is 0.632. The van der Waals surface area contributed by atoms with Crippen LogP contribution in [0.25, 0.3) is 0 Å². The third-order valence-corrected chi connectivity index (χ3v) is 0. The molecule has 0 saturated carbocycles. The molecule has 0 amide bonds. The fourth-order valence-corrected chi connectivity index (χ4v) is 0. The Morgan fingerprint density at radius 2 is 1.08 bits per heavy atom. The van der Waals surface area contributed by atoms with Gasteiger partial charge in [0.15, 0.2) is 0 Å². The van der Waals surface area contributed by atoms with Crippen molar-refractivity contribution in [3.05, 3.63) is 22.7 Å². The minimum absolute atomic E-state index is 0. The summed E-state index contributed by atoms with van der Waals surface area (Å²) in [5.74, 6) is 0. The molecule has 0 fully saturated rings. The van der Waals surface area contributed by atoms with Crippen LogP contribution in [0.1, 0.15) is 0 Å². The van der Waals surface area contributed by atoms with Crippen molar-refractivity contribution in [3.63, 3.8) is 0 Å². The summed E-state index contributed by atoms with van der Waals surface area (Å²) < 4.78 is 34.1. The van der Waals surface area contributed by atoms with Gasteiger partial charge in [-0.15, -0.1) is 0 Å². The van der Waals surface area contributed by atoms with E-state index in [9.17, 15) is 0 Å². The molecule has 0 rings (SSSR count). The van der Waals surface area contributed by atoms with Crippen molar-refractivity contribution in [1.29, 1.82) is 0 Å². The van der Waals surface area contributed by atoms with Crippen molar-refractivity contribution < 1.29 is 56.2 Å². The fraction of sp³-hybridized carbons (Fsp3) is 0. The average Bonchev–Trinajstić information content (AvgIpc) is 1.19. The topological polar surface area (TPSA) is 146 Å². The Balaban J connectivity index is -0.0000000221. The van der Waals surface area contributed by atoms with Gasteiger partial charge in [0.2, 0.25) is 0 Å². The molecule has 0 spiro atoms. The Bertz CT molecular complexity index is 166. The summed E-state index contributed by atoms with van der Waals surface area (Å²) in [7, 11) is -5.17. The third kappa shape index (κ3) is 121000. The summed E-state index contributed by atoms with van der Waals surface area (Å²) in [6, 6.07) is 0. The summed E-state index contributed by atoms with van der Waals surface area (Å²) in [5, 5.41) is 14.8. The van der Waals surface area contributed by atoms with Gasteiger partial charge in [-0.2, -0.15) is 0 Å². The molecule has 0 aromatic heterocycles. The van der Waals surface area contributed by atoms with Crippen molar-refractivity contribution in [2.45, 2.75) is 0 Å². The number of hydrogen-bond donors (Lipinski definition) is 0. The molecule has 0 N–H and O–H groups in total.